The van der Waals surface area contributed by atoms with Gasteiger partial charge < -0.3 is 16.0 Å². The summed E-state index contributed by atoms with van der Waals surface area (Å²) < 4.78 is 0. The lowest BCUT2D eigenvalue weighted by Gasteiger charge is -2.16. The Morgan fingerprint density at radius 1 is 1.43 bits per heavy atom. The number of rotatable bonds is 5. The molecule has 0 bridgehead atoms. The van der Waals surface area contributed by atoms with E-state index >= 15 is 0 Å². The average Bonchev–Trinajstić information content (AvgIpc) is 2.85. The summed E-state index contributed by atoms with van der Waals surface area (Å²) in [5.41, 5.74) is 7.51. The summed E-state index contributed by atoms with van der Waals surface area (Å²) in [6, 6.07) is 1.84. The summed E-state index contributed by atoms with van der Waals surface area (Å²) in [6.45, 7) is 7.65. The number of carbonyl (C=O) groups is 1. The third-order valence-electron chi connectivity index (χ3n) is 3.17. The topological polar surface area (TPSA) is 84.1 Å². The van der Waals surface area contributed by atoms with Gasteiger partial charge in [0.2, 0.25) is 0 Å². The van der Waals surface area contributed by atoms with Crippen LogP contribution in [0.4, 0.5) is 16.6 Å². The Balaban J connectivity index is 2.22. The monoisotopic (exact) mass is 305 g/mol. The maximum Gasteiger partial charge on any atom is 0.269 e. The van der Waals surface area contributed by atoms with Crippen LogP contribution >= 0.6 is 11.3 Å². The van der Waals surface area contributed by atoms with Crippen molar-refractivity contribution in [3.05, 3.63) is 28.9 Å². The highest BCUT2D eigenvalue weighted by Crippen LogP contribution is 2.28. The number of thiazole rings is 1. The van der Waals surface area contributed by atoms with Crippen LogP contribution in [0.5, 0.6) is 0 Å². The Kier molecular flexibility index (Phi) is 4.74. The van der Waals surface area contributed by atoms with E-state index < -0.39 is 0 Å². The molecule has 2 heterocycles. The van der Waals surface area contributed by atoms with Crippen molar-refractivity contribution in [1.82, 2.24) is 9.97 Å². The zero-order chi connectivity index (χ0) is 15.4. The van der Waals surface area contributed by atoms with E-state index in [0.29, 0.717) is 10.6 Å². The SMILES string of the molecule is CCN(CC)c1nc(N)c(C(=O)Nc2cnccc2C)s1. The maximum atomic E-state index is 12.3. The lowest BCUT2D eigenvalue weighted by molar-refractivity contribution is 0.103. The summed E-state index contributed by atoms with van der Waals surface area (Å²) in [6.07, 6.45) is 3.31. The number of aryl methyl sites for hydroxylation is 1. The van der Waals surface area contributed by atoms with Crippen molar-refractivity contribution >= 4 is 33.9 Å². The van der Waals surface area contributed by atoms with Crippen molar-refractivity contribution in [1.29, 1.82) is 0 Å². The number of nitrogen functional groups attached to an aromatic ring is 1. The summed E-state index contributed by atoms with van der Waals surface area (Å²) in [5.74, 6) is 0.0143. The second kappa shape index (κ2) is 6.53. The fourth-order valence-electron chi connectivity index (χ4n) is 1.89. The summed E-state index contributed by atoms with van der Waals surface area (Å²) in [7, 11) is 0. The van der Waals surface area contributed by atoms with E-state index in [1.54, 1.807) is 12.4 Å². The lowest BCUT2D eigenvalue weighted by Crippen LogP contribution is -2.21. The summed E-state index contributed by atoms with van der Waals surface area (Å²) >= 11 is 1.31. The first-order valence-electron chi connectivity index (χ1n) is 6.80. The first kappa shape index (κ1) is 15.2. The largest absolute Gasteiger partial charge is 0.382 e. The molecule has 2 aromatic rings. The predicted octanol–water partition coefficient (Wildman–Crippen LogP) is 2.53. The van der Waals surface area contributed by atoms with Gasteiger partial charge in [-0.25, -0.2) is 4.98 Å². The van der Waals surface area contributed by atoms with Crippen LogP contribution in [0.15, 0.2) is 18.5 Å². The molecule has 0 saturated heterocycles. The summed E-state index contributed by atoms with van der Waals surface area (Å²) in [5, 5.41) is 3.60. The van der Waals surface area contributed by atoms with Gasteiger partial charge >= 0.3 is 0 Å². The van der Waals surface area contributed by atoms with Gasteiger partial charge in [0.25, 0.3) is 5.91 Å². The van der Waals surface area contributed by atoms with E-state index in [4.69, 9.17) is 5.73 Å². The smallest absolute Gasteiger partial charge is 0.269 e. The van der Waals surface area contributed by atoms with Gasteiger partial charge in [-0.15, -0.1) is 0 Å². The minimum Gasteiger partial charge on any atom is -0.382 e. The van der Waals surface area contributed by atoms with Crippen molar-refractivity contribution in [2.24, 2.45) is 0 Å². The standard InChI is InChI=1S/C14H19N5OS/c1-4-19(5-2)14-18-12(15)11(21-14)13(20)17-10-8-16-7-6-9(10)3/h6-8H,4-5,15H2,1-3H3,(H,17,20). The van der Waals surface area contributed by atoms with Crippen molar-refractivity contribution in [2.75, 3.05) is 29.0 Å². The second-order valence-electron chi connectivity index (χ2n) is 4.53. The van der Waals surface area contributed by atoms with Crippen LogP contribution in [0.25, 0.3) is 0 Å². The Labute approximate surface area is 128 Å². The number of anilines is 3. The molecule has 1 amide bonds. The number of hydrogen-bond donors (Lipinski definition) is 2. The molecular weight excluding hydrogens is 286 g/mol. The highest BCUT2D eigenvalue weighted by molar-refractivity contribution is 7.18. The molecule has 2 aromatic heterocycles. The van der Waals surface area contributed by atoms with Gasteiger partial charge in [0.1, 0.15) is 10.7 Å². The maximum absolute atomic E-state index is 12.3. The molecule has 21 heavy (non-hydrogen) atoms. The third-order valence-corrected chi connectivity index (χ3v) is 4.30. The molecule has 3 N–H and O–H groups in total. The number of carbonyl (C=O) groups excluding carboxylic acids is 1. The molecule has 2 rings (SSSR count). The first-order valence-corrected chi connectivity index (χ1v) is 7.61. The van der Waals surface area contributed by atoms with Crippen molar-refractivity contribution in [3.63, 3.8) is 0 Å². The Hall–Kier alpha value is -2.15. The molecule has 0 aliphatic rings. The number of amides is 1. The van der Waals surface area contributed by atoms with E-state index in [1.165, 1.54) is 11.3 Å². The van der Waals surface area contributed by atoms with Crippen molar-refractivity contribution in [2.45, 2.75) is 20.8 Å². The molecular formula is C14H19N5OS. The number of pyridine rings is 1. The number of nitrogens with two attached hydrogens (primary N) is 1. The number of nitrogens with zero attached hydrogens (tertiary/aromatic N) is 3. The molecule has 0 aliphatic heterocycles. The number of aromatic nitrogens is 2. The molecule has 0 spiro atoms. The molecule has 7 heteroatoms. The van der Waals surface area contributed by atoms with Crippen LogP contribution in [0.2, 0.25) is 0 Å². The van der Waals surface area contributed by atoms with Gasteiger partial charge in [-0.1, -0.05) is 11.3 Å². The Morgan fingerprint density at radius 2 is 2.14 bits per heavy atom. The number of hydrogen-bond acceptors (Lipinski definition) is 6. The van der Waals surface area contributed by atoms with Crippen LogP contribution in [-0.2, 0) is 0 Å². The van der Waals surface area contributed by atoms with Gasteiger partial charge in [0.15, 0.2) is 5.13 Å². The van der Waals surface area contributed by atoms with Gasteiger partial charge in [0.05, 0.1) is 11.9 Å². The van der Waals surface area contributed by atoms with Crippen LogP contribution in [-0.4, -0.2) is 29.0 Å². The minimum atomic E-state index is -0.250. The molecule has 0 radical (unpaired) electrons. The molecule has 0 unspecified atom stereocenters. The predicted molar refractivity (Wildman–Crippen MR) is 87.0 cm³/mol. The van der Waals surface area contributed by atoms with E-state index in [1.807, 2.05) is 26.8 Å². The average molecular weight is 305 g/mol. The van der Waals surface area contributed by atoms with Gasteiger partial charge in [-0.05, 0) is 32.4 Å². The van der Waals surface area contributed by atoms with E-state index in [2.05, 4.69) is 20.2 Å². The molecule has 6 nitrogen and oxygen atoms in total. The Bertz CT molecular complexity index is 636. The fourth-order valence-corrected chi connectivity index (χ4v) is 2.89. The third kappa shape index (κ3) is 3.30. The quantitative estimate of drug-likeness (QED) is 0.886. The summed E-state index contributed by atoms with van der Waals surface area (Å²) in [4.78, 5) is 23.1. The Morgan fingerprint density at radius 3 is 2.76 bits per heavy atom. The van der Waals surface area contributed by atoms with Crippen LogP contribution in [0, 0.1) is 6.92 Å². The van der Waals surface area contributed by atoms with E-state index in [9.17, 15) is 4.79 Å². The van der Waals surface area contributed by atoms with Crippen molar-refractivity contribution in [3.8, 4) is 0 Å². The zero-order valence-corrected chi connectivity index (χ0v) is 13.2. The number of nitrogens with one attached hydrogen (secondary N) is 1. The van der Waals surface area contributed by atoms with Crippen LogP contribution in [0.3, 0.4) is 0 Å². The highest BCUT2D eigenvalue weighted by atomic mass is 32.1. The first-order chi connectivity index (χ1) is 10.1. The zero-order valence-electron chi connectivity index (χ0n) is 12.4. The molecule has 0 saturated carbocycles. The lowest BCUT2D eigenvalue weighted by atomic mass is 10.2. The minimum absolute atomic E-state index is 0.250. The van der Waals surface area contributed by atoms with E-state index in [-0.39, 0.29) is 11.7 Å². The molecule has 0 atom stereocenters. The highest BCUT2D eigenvalue weighted by Gasteiger charge is 2.19. The van der Waals surface area contributed by atoms with Crippen molar-refractivity contribution < 1.29 is 4.79 Å². The molecule has 112 valence electrons. The molecule has 0 aromatic carbocycles. The van der Waals surface area contributed by atoms with Gasteiger partial charge in [0, 0.05) is 19.3 Å². The van der Waals surface area contributed by atoms with Gasteiger partial charge in [-0.3, -0.25) is 9.78 Å². The normalized spacial score (nSPS) is 10.4. The molecule has 0 fully saturated rings. The van der Waals surface area contributed by atoms with Gasteiger partial charge in [-0.2, -0.15) is 0 Å². The molecule has 0 aliphatic carbocycles. The second-order valence-corrected chi connectivity index (χ2v) is 5.51. The van der Waals surface area contributed by atoms with Crippen LogP contribution < -0.4 is 16.0 Å². The fraction of sp³-hybridized carbons (Fsp3) is 0.357. The van der Waals surface area contributed by atoms with E-state index in [0.717, 1.165) is 23.8 Å². The van der Waals surface area contributed by atoms with Crippen LogP contribution in [0.1, 0.15) is 29.1 Å².